The van der Waals surface area contributed by atoms with Gasteiger partial charge in [-0.2, -0.15) is 0 Å². The second-order valence-corrected chi connectivity index (χ2v) is 4.98. The molecule has 2 nitrogen and oxygen atoms in total. The van der Waals surface area contributed by atoms with Crippen molar-refractivity contribution in [2.45, 2.75) is 13.5 Å². The van der Waals surface area contributed by atoms with Gasteiger partial charge in [0.25, 0.3) is 0 Å². The molecule has 2 rings (SSSR count). The molecule has 0 aromatic heterocycles. The number of nitrogens with zero attached hydrogens (tertiary/aromatic N) is 1. The van der Waals surface area contributed by atoms with Crippen LogP contribution in [-0.2, 0) is 6.54 Å². The minimum atomic E-state index is 0.762. The fourth-order valence-electron chi connectivity index (χ4n) is 1.98. The zero-order valence-corrected chi connectivity index (χ0v) is 11.4. The molecule has 0 spiro atoms. The molecular formula is C15H17ClN2. The first kappa shape index (κ1) is 12.8. The Morgan fingerprint density at radius 3 is 2.67 bits per heavy atom. The SMILES string of the molecule is Cc1ccc(N)c(N(C)Cc2cccc(Cl)c2)c1. The van der Waals surface area contributed by atoms with E-state index in [2.05, 4.69) is 24.0 Å². The van der Waals surface area contributed by atoms with Crippen molar-refractivity contribution in [2.75, 3.05) is 17.7 Å². The number of hydrogen-bond acceptors (Lipinski definition) is 2. The maximum Gasteiger partial charge on any atom is 0.0603 e. The molecule has 3 heteroatoms. The van der Waals surface area contributed by atoms with Crippen LogP contribution in [0.4, 0.5) is 11.4 Å². The van der Waals surface area contributed by atoms with Gasteiger partial charge in [0.2, 0.25) is 0 Å². The third-order valence-electron chi connectivity index (χ3n) is 2.91. The molecule has 0 unspecified atom stereocenters. The summed E-state index contributed by atoms with van der Waals surface area (Å²) < 4.78 is 0. The quantitative estimate of drug-likeness (QED) is 0.849. The largest absolute Gasteiger partial charge is 0.397 e. The summed E-state index contributed by atoms with van der Waals surface area (Å²) in [7, 11) is 2.03. The molecule has 0 amide bonds. The van der Waals surface area contributed by atoms with Gasteiger partial charge in [0, 0.05) is 18.6 Å². The van der Waals surface area contributed by atoms with E-state index in [1.165, 1.54) is 11.1 Å². The monoisotopic (exact) mass is 260 g/mol. The molecule has 0 heterocycles. The Morgan fingerprint density at radius 1 is 1.17 bits per heavy atom. The van der Waals surface area contributed by atoms with Crippen molar-refractivity contribution in [3.05, 3.63) is 58.6 Å². The highest BCUT2D eigenvalue weighted by Gasteiger charge is 2.06. The van der Waals surface area contributed by atoms with E-state index in [-0.39, 0.29) is 0 Å². The third kappa shape index (κ3) is 2.96. The average Bonchev–Trinajstić information content (AvgIpc) is 2.32. The van der Waals surface area contributed by atoms with Gasteiger partial charge in [-0.05, 0) is 42.3 Å². The minimum absolute atomic E-state index is 0.762. The summed E-state index contributed by atoms with van der Waals surface area (Å²) in [6, 6.07) is 13.9. The summed E-state index contributed by atoms with van der Waals surface area (Å²) in [5, 5.41) is 0.762. The van der Waals surface area contributed by atoms with Crippen LogP contribution in [0.25, 0.3) is 0 Å². The molecule has 0 bridgehead atoms. The Balaban J connectivity index is 2.21. The van der Waals surface area contributed by atoms with Gasteiger partial charge in [0.15, 0.2) is 0 Å². The lowest BCUT2D eigenvalue weighted by Gasteiger charge is -2.21. The number of aryl methyl sites for hydroxylation is 1. The van der Waals surface area contributed by atoms with Crippen molar-refractivity contribution < 1.29 is 0 Å². The van der Waals surface area contributed by atoms with Gasteiger partial charge in [0.05, 0.1) is 11.4 Å². The fourth-order valence-corrected chi connectivity index (χ4v) is 2.19. The van der Waals surface area contributed by atoms with E-state index in [9.17, 15) is 0 Å². The molecule has 0 fully saturated rings. The van der Waals surface area contributed by atoms with E-state index < -0.39 is 0 Å². The first-order valence-corrected chi connectivity index (χ1v) is 6.26. The maximum absolute atomic E-state index is 6.01. The number of rotatable bonds is 3. The Labute approximate surface area is 113 Å². The number of halogens is 1. The summed E-state index contributed by atoms with van der Waals surface area (Å²) in [6.45, 7) is 2.85. The lowest BCUT2D eigenvalue weighted by atomic mass is 10.1. The van der Waals surface area contributed by atoms with Gasteiger partial charge in [-0.25, -0.2) is 0 Å². The van der Waals surface area contributed by atoms with E-state index >= 15 is 0 Å². The van der Waals surface area contributed by atoms with Crippen molar-refractivity contribution in [1.82, 2.24) is 0 Å². The molecule has 0 radical (unpaired) electrons. The van der Waals surface area contributed by atoms with E-state index in [0.29, 0.717) is 0 Å². The van der Waals surface area contributed by atoms with Crippen LogP contribution >= 0.6 is 11.6 Å². The maximum atomic E-state index is 6.01. The Hall–Kier alpha value is -1.67. The predicted octanol–water partition coefficient (Wildman–Crippen LogP) is 3.87. The fraction of sp³-hybridized carbons (Fsp3) is 0.200. The third-order valence-corrected chi connectivity index (χ3v) is 3.14. The second-order valence-electron chi connectivity index (χ2n) is 4.55. The van der Waals surface area contributed by atoms with Gasteiger partial charge in [-0.3, -0.25) is 0 Å². The summed E-state index contributed by atoms with van der Waals surface area (Å²) in [6.07, 6.45) is 0. The van der Waals surface area contributed by atoms with Crippen LogP contribution in [0.2, 0.25) is 5.02 Å². The van der Waals surface area contributed by atoms with Crippen LogP contribution in [0.15, 0.2) is 42.5 Å². The molecule has 18 heavy (non-hydrogen) atoms. The van der Waals surface area contributed by atoms with Crippen LogP contribution in [-0.4, -0.2) is 7.05 Å². The highest BCUT2D eigenvalue weighted by atomic mass is 35.5. The van der Waals surface area contributed by atoms with Crippen molar-refractivity contribution in [2.24, 2.45) is 0 Å². The zero-order valence-electron chi connectivity index (χ0n) is 10.7. The molecule has 0 aliphatic carbocycles. The molecular weight excluding hydrogens is 244 g/mol. The van der Waals surface area contributed by atoms with Gasteiger partial charge < -0.3 is 10.6 Å². The standard InChI is InChI=1S/C15H17ClN2/c1-11-6-7-14(17)15(8-11)18(2)10-12-4-3-5-13(16)9-12/h3-9H,10,17H2,1-2H3. The lowest BCUT2D eigenvalue weighted by Crippen LogP contribution is -2.17. The van der Waals surface area contributed by atoms with Gasteiger partial charge in [-0.15, -0.1) is 0 Å². The average molecular weight is 261 g/mol. The van der Waals surface area contributed by atoms with E-state index in [0.717, 1.165) is 22.9 Å². The van der Waals surface area contributed by atoms with Crippen LogP contribution in [0.1, 0.15) is 11.1 Å². The number of hydrogen-bond donors (Lipinski definition) is 1. The first-order chi connectivity index (χ1) is 8.56. The normalized spacial score (nSPS) is 10.4. The Morgan fingerprint density at radius 2 is 1.94 bits per heavy atom. The molecule has 0 saturated carbocycles. The smallest absolute Gasteiger partial charge is 0.0603 e. The summed E-state index contributed by atoms with van der Waals surface area (Å²) in [5.74, 6) is 0. The topological polar surface area (TPSA) is 29.3 Å². The summed E-state index contributed by atoms with van der Waals surface area (Å²) in [5.41, 5.74) is 10.2. The number of anilines is 2. The first-order valence-electron chi connectivity index (χ1n) is 5.88. The number of nitrogens with two attached hydrogens (primary N) is 1. The van der Waals surface area contributed by atoms with E-state index in [4.69, 9.17) is 17.3 Å². The van der Waals surface area contributed by atoms with Crippen LogP contribution < -0.4 is 10.6 Å². The number of nitrogen functional groups attached to an aromatic ring is 1. The lowest BCUT2D eigenvalue weighted by molar-refractivity contribution is 0.924. The van der Waals surface area contributed by atoms with E-state index in [1.54, 1.807) is 0 Å². The Bertz CT molecular complexity index is 552. The Kier molecular flexibility index (Phi) is 3.78. The predicted molar refractivity (Wildman–Crippen MR) is 79.2 cm³/mol. The van der Waals surface area contributed by atoms with Crippen molar-refractivity contribution in [1.29, 1.82) is 0 Å². The van der Waals surface area contributed by atoms with Gasteiger partial charge in [-0.1, -0.05) is 29.8 Å². The van der Waals surface area contributed by atoms with Gasteiger partial charge in [0.1, 0.15) is 0 Å². The molecule has 2 aromatic rings. The molecule has 0 atom stereocenters. The van der Waals surface area contributed by atoms with Gasteiger partial charge >= 0.3 is 0 Å². The molecule has 0 aliphatic rings. The zero-order chi connectivity index (χ0) is 13.1. The van der Waals surface area contributed by atoms with Crippen LogP contribution in [0.3, 0.4) is 0 Å². The van der Waals surface area contributed by atoms with Crippen LogP contribution in [0, 0.1) is 6.92 Å². The van der Waals surface area contributed by atoms with E-state index in [1.807, 2.05) is 37.4 Å². The van der Waals surface area contributed by atoms with Crippen molar-refractivity contribution in [3.8, 4) is 0 Å². The molecule has 0 saturated heterocycles. The van der Waals surface area contributed by atoms with Crippen molar-refractivity contribution >= 4 is 23.0 Å². The van der Waals surface area contributed by atoms with Crippen molar-refractivity contribution in [3.63, 3.8) is 0 Å². The minimum Gasteiger partial charge on any atom is -0.397 e. The number of benzene rings is 2. The summed E-state index contributed by atoms with van der Waals surface area (Å²) in [4.78, 5) is 2.13. The van der Waals surface area contributed by atoms with Crippen LogP contribution in [0.5, 0.6) is 0 Å². The molecule has 2 N–H and O–H groups in total. The molecule has 0 aliphatic heterocycles. The second kappa shape index (κ2) is 5.32. The molecule has 94 valence electrons. The summed E-state index contributed by atoms with van der Waals surface area (Å²) >= 11 is 5.99. The highest BCUT2D eigenvalue weighted by Crippen LogP contribution is 2.25. The highest BCUT2D eigenvalue weighted by molar-refractivity contribution is 6.30. The molecule has 2 aromatic carbocycles.